The van der Waals surface area contributed by atoms with Gasteiger partial charge in [-0.25, -0.2) is 0 Å². The standard InChI is InChI=1S/C15H14BrClN2S/c1-9(10-2-4-11(16)5-3-10)19-14-7-6-12(17)8-13(14)15(18)20/h2-9,19H,1H3,(H2,18,20). The molecule has 0 spiro atoms. The summed E-state index contributed by atoms with van der Waals surface area (Å²) in [6.07, 6.45) is 0. The molecular weight excluding hydrogens is 356 g/mol. The maximum atomic E-state index is 5.98. The molecule has 0 amide bonds. The van der Waals surface area contributed by atoms with E-state index in [1.807, 2.05) is 24.3 Å². The first-order valence-electron chi connectivity index (χ1n) is 6.08. The van der Waals surface area contributed by atoms with Crippen molar-refractivity contribution >= 4 is 50.4 Å². The third-order valence-corrected chi connectivity index (χ3v) is 3.97. The van der Waals surface area contributed by atoms with E-state index in [0.717, 1.165) is 15.7 Å². The molecule has 2 nitrogen and oxygen atoms in total. The summed E-state index contributed by atoms with van der Waals surface area (Å²) in [4.78, 5) is 0.331. The molecular formula is C15H14BrClN2S. The molecule has 104 valence electrons. The van der Waals surface area contributed by atoms with E-state index < -0.39 is 0 Å². The van der Waals surface area contributed by atoms with E-state index in [9.17, 15) is 0 Å². The molecule has 0 aliphatic carbocycles. The number of hydrogen-bond donors (Lipinski definition) is 2. The topological polar surface area (TPSA) is 38.0 Å². The second-order valence-electron chi connectivity index (χ2n) is 4.47. The summed E-state index contributed by atoms with van der Waals surface area (Å²) in [7, 11) is 0. The monoisotopic (exact) mass is 368 g/mol. The average molecular weight is 370 g/mol. The van der Waals surface area contributed by atoms with Crippen molar-refractivity contribution in [3.8, 4) is 0 Å². The zero-order chi connectivity index (χ0) is 14.7. The molecule has 1 atom stereocenters. The van der Waals surface area contributed by atoms with Crippen LogP contribution in [0.2, 0.25) is 5.02 Å². The van der Waals surface area contributed by atoms with Crippen molar-refractivity contribution in [2.75, 3.05) is 5.32 Å². The molecule has 0 saturated carbocycles. The molecule has 3 N–H and O–H groups in total. The molecule has 0 saturated heterocycles. The van der Waals surface area contributed by atoms with E-state index in [0.29, 0.717) is 10.0 Å². The first-order chi connectivity index (χ1) is 9.47. The van der Waals surface area contributed by atoms with Crippen LogP contribution >= 0.6 is 39.7 Å². The number of benzene rings is 2. The van der Waals surface area contributed by atoms with Crippen LogP contribution in [0.25, 0.3) is 0 Å². The van der Waals surface area contributed by atoms with Crippen molar-refractivity contribution in [1.29, 1.82) is 0 Å². The first-order valence-corrected chi connectivity index (χ1v) is 7.66. The van der Waals surface area contributed by atoms with Gasteiger partial charge >= 0.3 is 0 Å². The van der Waals surface area contributed by atoms with Gasteiger partial charge in [-0.3, -0.25) is 0 Å². The summed E-state index contributed by atoms with van der Waals surface area (Å²) in [6, 6.07) is 13.8. The minimum absolute atomic E-state index is 0.136. The van der Waals surface area contributed by atoms with Gasteiger partial charge in [-0.15, -0.1) is 0 Å². The molecule has 2 aromatic rings. The molecule has 0 fully saturated rings. The lowest BCUT2D eigenvalue weighted by atomic mass is 10.1. The van der Waals surface area contributed by atoms with Gasteiger partial charge in [-0.05, 0) is 42.8 Å². The van der Waals surface area contributed by atoms with Gasteiger partial charge in [0.1, 0.15) is 4.99 Å². The summed E-state index contributed by atoms with van der Waals surface area (Å²) in [5, 5.41) is 4.03. The molecule has 1 unspecified atom stereocenters. The number of hydrogen-bond acceptors (Lipinski definition) is 2. The minimum atomic E-state index is 0.136. The number of rotatable bonds is 4. The SMILES string of the molecule is CC(Nc1ccc(Cl)cc1C(N)=S)c1ccc(Br)cc1. The van der Waals surface area contributed by atoms with Crippen molar-refractivity contribution < 1.29 is 0 Å². The Morgan fingerprint density at radius 2 is 1.90 bits per heavy atom. The molecule has 5 heteroatoms. The van der Waals surface area contributed by atoms with Gasteiger partial charge < -0.3 is 11.1 Å². The Hall–Kier alpha value is -1.10. The first kappa shape index (κ1) is 15.3. The fraction of sp³-hybridized carbons (Fsp3) is 0.133. The van der Waals surface area contributed by atoms with Crippen LogP contribution in [-0.4, -0.2) is 4.99 Å². The highest BCUT2D eigenvalue weighted by Crippen LogP contribution is 2.26. The van der Waals surface area contributed by atoms with Crippen molar-refractivity contribution in [1.82, 2.24) is 0 Å². The number of thiocarbonyl (C=S) groups is 1. The molecule has 0 aliphatic heterocycles. The van der Waals surface area contributed by atoms with Gasteiger partial charge in [-0.2, -0.15) is 0 Å². The molecule has 20 heavy (non-hydrogen) atoms. The van der Waals surface area contributed by atoms with Gasteiger partial charge in [0.15, 0.2) is 0 Å². The van der Waals surface area contributed by atoms with Crippen LogP contribution in [0.4, 0.5) is 5.69 Å². The number of anilines is 1. The van der Waals surface area contributed by atoms with Crippen molar-refractivity contribution in [2.45, 2.75) is 13.0 Å². The Kier molecular flexibility index (Phi) is 5.02. The Balaban J connectivity index is 2.25. The minimum Gasteiger partial charge on any atom is -0.389 e. The zero-order valence-electron chi connectivity index (χ0n) is 10.9. The van der Waals surface area contributed by atoms with Crippen LogP contribution in [0.1, 0.15) is 24.1 Å². The predicted octanol–water partition coefficient (Wildman–Crippen LogP) is 4.91. The van der Waals surface area contributed by atoms with E-state index >= 15 is 0 Å². The molecule has 2 rings (SSSR count). The number of nitrogens with one attached hydrogen (secondary N) is 1. The van der Waals surface area contributed by atoms with Gasteiger partial charge in [-0.1, -0.05) is 51.9 Å². The van der Waals surface area contributed by atoms with Crippen LogP contribution in [0.5, 0.6) is 0 Å². The summed E-state index contributed by atoms with van der Waals surface area (Å²) in [5.41, 5.74) is 8.57. The van der Waals surface area contributed by atoms with E-state index in [4.69, 9.17) is 29.6 Å². The fourth-order valence-electron chi connectivity index (χ4n) is 1.91. The summed E-state index contributed by atoms with van der Waals surface area (Å²) in [6.45, 7) is 2.08. The van der Waals surface area contributed by atoms with Gasteiger partial charge in [0, 0.05) is 26.8 Å². The summed E-state index contributed by atoms with van der Waals surface area (Å²) in [5.74, 6) is 0. The second kappa shape index (κ2) is 6.57. The van der Waals surface area contributed by atoms with Crippen LogP contribution in [0.15, 0.2) is 46.9 Å². The van der Waals surface area contributed by atoms with E-state index in [1.165, 1.54) is 5.56 Å². The molecule has 0 radical (unpaired) electrons. The highest BCUT2D eigenvalue weighted by Gasteiger charge is 2.10. The van der Waals surface area contributed by atoms with Crippen molar-refractivity contribution in [3.63, 3.8) is 0 Å². The number of nitrogens with two attached hydrogens (primary N) is 1. The predicted molar refractivity (Wildman–Crippen MR) is 93.5 cm³/mol. The molecule has 0 heterocycles. The Morgan fingerprint density at radius 3 is 2.50 bits per heavy atom. The maximum absolute atomic E-state index is 5.98. The van der Waals surface area contributed by atoms with Crippen LogP contribution in [-0.2, 0) is 0 Å². The van der Waals surface area contributed by atoms with Crippen molar-refractivity contribution in [3.05, 3.63) is 63.1 Å². The lowest BCUT2D eigenvalue weighted by molar-refractivity contribution is 0.884. The Labute approximate surface area is 137 Å². The third kappa shape index (κ3) is 3.72. The quantitative estimate of drug-likeness (QED) is 0.752. The summed E-state index contributed by atoms with van der Waals surface area (Å²) >= 11 is 14.5. The van der Waals surface area contributed by atoms with Gasteiger partial charge in [0.25, 0.3) is 0 Å². The molecule has 2 aromatic carbocycles. The Bertz CT molecular complexity index is 628. The lowest BCUT2D eigenvalue weighted by Crippen LogP contribution is -2.15. The summed E-state index contributed by atoms with van der Waals surface area (Å²) < 4.78 is 1.06. The van der Waals surface area contributed by atoms with Crippen molar-refractivity contribution in [2.24, 2.45) is 5.73 Å². The van der Waals surface area contributed by atoms with Gasteiger partial charge in [0.2, 0.25) is 0 Å². The van der Waals surface area contributed by atoms with E-state index in [-0.39, 0.29) is 6.04 Å². The van der Waals surface area contributed by atoms with Crippen LogP contribution < -0.4 is 11.1 Å². The zero-order valence-corrected chi connectivity index (χ0v) is 14.0. The number of halogens is 2. The largest absolute Gasteiger partial charge is 0.389 e. The normalized spacial score (nSPS) is 11.9. The highest BCUT2D eigenvalue weighted by atomic mass is 79.9. The maximum Gasteiger partial charge on any atom is 0.106 e. The highest BCUT2D eigenvalue weighted by molar-refractivity contribution is 9.10. The van der Waals surface area contributed by atoms with Gasteiger partial charge in [0.05, 0.1) is 0 Å². The smallest absolute Gasteiger partial charge is 0.106 e. The fourth-order valence-corrected chi connectivity index (χ4v) is 2.52. The lowest BCUT2D eigenvalue weighted by Gasteiger charge is -2.18. The van der Waals surface area contributed by atoms with E-state index in [2.05, 4.69) is 40.3 Å². The average Bonchev–Trinajstić information content (AvgIpc) is 2.41. The Morgan fingerprint density at radius 1 is 1.25 bits per heavy atom. The second-order valence-corrected chi connectivity index (χ2v) is 6.26. The van der Waals surface area contributed by atoms with E-state index in [1.54, 1.807) is 6.07 Å². The molecule has 0 aliphatic rings. The third-order valence-electron chi connectivity index (χ3n) is 2.99. The van der Waals surface area contributed by atoms with Crippen LogP contribution in [0.3, 0.4) is 0 Å². The molecule has 0 bridgehead atoms. The van der Waals surface area contributed by atoms with Crippen LogP contribution in [0, 0.1) is 0 Å². The molecule has 0 aromatic heterocycles.